The van der Waals surface area contributed by atoms with Gasteiger partial charge in [0.05, 0.1) is 12.6 Å². The highest BCUT2D eigenvalue weighted by Gasteiger charge is 2.36. The average molecular weight is 531 g/mol. The Morgan fingerprint density at radius 2 is 1.81 bits per heavy atom. The maximum Gasteiger partial charge on any atom is 0.407 e. The first-order valence-corrected chi connectivity index (χ1v) is 14.5. The number of rotatable bonds is 11. The fourth-order valence-electron chi connectivity index (χ4n) is 5.99. The minimum atomic E-state index is -5.16. The molecule has 3 amide bonds. The van der Waals surface area contributed by atoms with Gasteiger partial charge in [0.25, 0.3) is 0 Å². The van der Waals surface area contributed by atoms with E-state index in [4.69, 9.17) is 4.74 Å². The zero-order valence-corrected chi connectivity index (χ0v) is 21.9. The topological polar surface area (TPSA) is 174 Å². The lowest BCUT2D eigenvalue weighted by Crippen LogP contribution is -2.55. The summed E-state index contributed by atoms with van der Waals surface area (Å²) in [7, 11) is -5.16. The number of aliphatic hydroxyl groups excluding tert-OH is 1. The standard InChI is InChI=1S/C24H41N3O8S/c1-14(2)8-19(27-24(31)35-13-17-10-15-4-3-5-16(9-15)11-17)22(29)26-20(23(30)36(32,33)34)12-18-6-7-25-21(18)28/h14-20,23,30H,3-13H2,1-2H3,(H,25,28)(H,26,29)(H,27,31)(H,32,33,34)/p-1/t15?,16?,17?,18-,19-,20-,23?/m0/s1. The second-order valence-electron chi connectivity index (χ2n) is 11.2. The van der Waals surface area contributed by atoms with E-state index in [1.165, 1.54) is 25.7 Å². The molecule has 0 radical (unpaired) electrons. The molecule has 3 aliphatic rings. The Balaban J connectivity index is 1.59. The summed E-state index contributed by atoms with van der Waals surface area (Å²) in [5.41, 5.74) is -2.42. The predicted molar refractivity (Wildman–Crippen MR) is 129 cm³/mol. The number of amides is 3. The molecule has 2 bridgehead atoms. The minimum Gasteiger partial charge on any atom is -0.746 e. The summed E-state index contributed by atoms with van der Waals surface area (Å²) in [6.45, 7) is 4.37. The molecule has 1 heterocycles. The molecular weight excluding hydrogens is 490 g/mol. The molecular formula is C24H40N3O8S-. The summed E-state index contributed by atoms with van der Waals surface area (Å²) in [6.07, 6.45) is 6.71. The predicted octanol–water partition coefficient (Wildman–Crippen LogP) is 1.22. The van der Waals surface area contributed by atoms with E-state index in [2.05, 4.69) is 16.0 Å². The number of alkyl carbamates (subject to hydrolysis) is 1. The van der Waals surface area contributed by atoms with E-state index in [1.807, 2.05) is 13.8 Å². The van der Waals surface area contributed by atoms with E-state index in [0.29, 0.717) is 30.7 Å². The summed E-state index contributed by atoms with van der Waals surface area (Å²) < 4.78 is 39.9. The lowest BCUT2D eigenvalue weighted by atomic mass is 9.68. The van der Waals surface area contributed by atoms with Crippen molar-refractivity contribution < 1.29 is 37.2 Å². The molecule has 0 aromatic rings. The van der Waals surface area contributed by atoms with Crippen LogP contribution in [0.5, 0.6) is 0 Å². The fraction of sp³-hybridized carbons (Fsp3) is 0.875. The molecule has 11 nitrogen and oxygen atoms in total. The number of fused-ring (bicyclic) bond motifs is 2. The maximum atomic E-state index is 13.1. The molecule has 1 aliphatic heterocycles. The molecule has 0 spiro atoms. The molecule has 4 N–H and O–H groups in total. The van der Waals surface area contributed by atoms with Crippen LogP contribution in [0.4, 0.5) is 4.79 Å². The Morgan fingerprint density at radius 1 is 1.14 bits per heavy atom. The van der Waals surface area contributed by atoms with Crippen LogP contribution in [0.1, 0.15) is 71.6 Å². The van der Waals surface area contributed by atoms with Gasteiger partial charge in [-0.05, 0) is 62.2 Å². The third kappa shape index (κ3) is 8.31. The molecule has 2 aliphatic carbocycles. The SMILES string of the molecule is CC(C)C[C@H](NC(=O)OCC1CC2CCCC(C2)C1)C(=O)N[C@@H](C[C@@H]1CCNC1=O)C(O)S(=O)(=O)[O-]. The number of aliphatic hydroxyl groups is 1. The Morgan fingerprint density at radius 3 is 2.36 bits per heavy atom. The Hall–Kier alpha value is -1.92. The minimum absolute atomic E-state index is 0.00834. The van der Waals surface area contributed by atoms with Crippen molar-refractivity contribution >= 4 is 28.0 Å². The molecule has 36 heavy (non-hydrogen) atoms. The molecule has 3 rings (SSSR count). The van der Waals surface area contributed by atoms with Crippen LogP contribution in [0, 0.1) is 29.6 Å². The zero-order chi connectivity index (χ0) is 26.5. The highest BCUT2D eigenvalue weighted by molar-refractivity contribution is 7.86. The van der Waals surface area contributed by atoms with E-state index >= 15 is 0 Å². The highest BCUT2D eigenvalue weighted by Crippen LogP contribution is 2.42. The third-order valence-electron chi connectivity index (χ3n) is 7.66. The first-order valence-electron chi connectivity index (χ1n) is 13.1. The Labute approximate surface area is 213 Å². The van der Waals surface area contributed by atoms with E-state index in [0.717, 1.165) is 12.8 Å². The van der Waals surface area contributed by atoms with Gasteiger partial charge in [-0.2, -0.15) is 0 Å². The Bertz CT molecular complexity index is 884. The van der Waals surface area contributed by atoms with Crippen LogP contribution in [0.3, 0.4) is 0 Å². The average Bonchev–Trinajstić information content (AvgIpc) is 3.19. The summed E-state index contributed by atoms with van der Waals surface area (Å²) in [5, 5.41) is 17.7. The van der Waals surface area contributed by atoms with Gasteiger partial charge in [0, 0.05) is 12.5 Å². The van der Waals surface area contributed by atoms with Crippen molar-refractivity contribution in [1.29, 1.82) is 0 Å². The number of hydrogen-bond donors (Lipinski definition) is 4. The number of carbonyl (C=O) groups excluding carboxylic acids is 3. The van der Waals surface area contributed by atoms with Crippen molar-refractivity contribution in [1.82, 2.24) is 16.0 Å². The summed E-state index contributed by atoms with van der Waals surface area (Å²) in [5.74, 6) is -0.0610. The van der Waals surface area contributed by atoms with Gasteiger partial charge < -0.3 is 30.3 Å². The summed E-state index contributed by atoms with van der Waals surface area (Å²) >= 11 is 0. The van der Waals surface area contributed by atoms with E-state index in [-0.39, 0.29) is 31.3 Å². The fourth-order valence-corrected chi connectivity index (χ4v) is 6.58. The first kappa shape index (κ1) is 28.6. The van der Waals surface area contributed by atoms with Crippen molar-refractivity contribution in [3.63, 3.8) is 0 Å². The van der Waals surface area contributed by atoms with Crippen molar-refractivity contribution in [3.8, 4) is 0 Å². The number of hydrogen-bond acceptors (Lipinski definition) is 8. The molecule has 1 saturated heterocycles. The van der Waals surface area contributed by atoms with Crippen LogP contribution in [-0.4, -0.2) is 66.7 Å². The first-order chi connectivity index (χ1) is 16.9. The zero-order valence-electron chi connectivity index (χ0n) is 21.1. The van der Waals surface area contributed by atoms with Gasteiger partial charge in [0.15, 0.2) is 5.44 Å². The van der Waals surface area contributed by atoms with E-state index in [9.17, 15) is 32.5 Å². The monoisotopic (exact) mass is 530 g/mol. The normalized spacial score (nSPS) is 28.6. The molecule has 6 atom stereocenters. The van der Waals surface area contributed by atoms with Gasteiger partial charge >= 0.3 is 6.09 Å². The third-order valence-corrected chi connectivity index (χ3v) is 8.58. The van der Waals surface area contributed by atoms with Gasteiger partial charge in [-0.1, -0.05) is 33.1 Å². The largest absolute Gasteiger partial charge is 0.746 e. The molecule has 2 saturated carbocycles. The molecule has 0 aromatic heterocycles. The van der Waals surface area contributed by atoms with Crippen LogP contribution in [-0.2, 0) is 24.4 Å². The van der Waals surface area contributed by atoms with Gasteiger partial charge in [-0.25, -0.2) is 13.2 Å². The molecule has 3 fully saturated rings. The summed E-state index contributed by atoms with van der Waals surface area (Å²) in [4.78, 5) is 37.6. The van der Waals surface area contributed by atoms with Crippen LogP contribution in [0.25, 0.3) is 0 Å². The maximum absolute atomic E-state index is 13.1. The molecule has 206 valence electrons. The van der Waals surface area contributed by atoms with Crippen LogP contribution in [0.15, 0.2) is 0 Å². The number of ether oxygens (including phenoxy) is 1. The van der Waals surface area contributed by atoms with E-state index in [1.54, 1.807) is 0 Å². The lowest BCUT2D eigenvalue weighted by molar-refractivity contribution is -0.126. The quantitative estimate of drug-likeness (QED) is 0.288. The Kier molecular flexibility index (Phi) is 9.99. The number of carbonyl (C=O) groups is 3. The lowest BCUT2D eigenvalue weighted by Gasteiger charge is -2.38. The van der Waals surface area contributed by atoms with Crippen LogP contribution in [0.2, 0.25) is 0 Å². The number of nitrogens with one attached hydrogen (secondary N) is 3. The van der Waals surface area contributed by atoms with Gasteiger partial charge in [-0.15, -0.1) is 0 Å². The molecule has 12 heteroatoms. The summed E-state index contributed by atoms with van der Waals surface area (Å²) in [6, 6.07) is -2.56. The van der Waals surface area contributed by atoms with E-state index < -0.39 is 45.6 Å². The second-order valence-corrected chi connectivity index (χ2v) is 12.6. The van der Waals surface area contributed by atoms with Gasteiger partial charge in [0.2, 0.25) is 11.8 Å². The second kappa shape index (κ2) is 12.6. The van der Waals surface area contributed by atoms with Crippen LogP contribution >= 0.6 is 0 Å². The van der Waals surface area contributed by atoms with Crippen molar-refractivity contribution in [2.75, 3.05) is 13.2 Å². The molecule has 0 aromatic carbocycles. The molecule has 3 unspecified atom stereocenters. The highest BCUT2D eigenvalue weighted by atomic mass is 32.2. The van der Waals surface area contributed by atoms with Gasteiger partial charge in [-0.3, -0.25) is 9.59 Å². The van der Waals surface area contributed by atoms with Crippen molar-refractivity contribution in [3.05, 3.63) is 0 Å². The van der Waals surface area contributed by atoms with Crippen molar-refractivity contribution in [2.45, 2.75) is 89.2 Å². The van der Waals surface area contributed by atoms with Crippen LogP contribution < -0.4 is 16.0 Å². The van der Waals surface area contributed by atoms with Crippen molar-refractivity contribution in [2.24, 2.45) is 29.6 Å². The smallest absolute Gasteiger partial charge is 0.407 e. The van der Waals surface area contributed by atoms with Gasteiger partial charge in [0.1, 0.15) is 16.2 Å².